The quantitative estimate of drug-likeness (QED) is 0.0843. The molecule has 1 N–H and O–H groups in total. The van der Waals surface area contributed by atoms with E-state index in [2.05, 4.69) is 12.1 Å². The molecular weight excluding hydrogens is 461 g/mol. The van der Waals surface area contributed by atoms with E-state index in [-0.39, 0.29) is 18.0 Å². The first-order valence-electron chi connectivity index (χ1n) is 11.7. The number of fused-ring (bicyclic) bond motifs is 2. The molecule has 3 aromatic carbocycles. The fourth-order valence-electron chi connectivity index (χ4n) is 4.15. The molecule has 36 heavy (non-hydrogen) atoms. The van der Waals surface area contributed by atoms with Crippen LogP contribution in [0.5, 0.6) is 5.75 Å². The van der Waals surface area contributed by atoms with Gasteiger partial charge in [0.15, 0.2) is 0 Å². The van der Waals surface area contributed by atoms with Gasteiger partial charge in [-0.25, -0.2) is 9.78 Å². The highest BCUT2D eigenvalue weighted by molar-refractivity contribution is 6.45. The Morgan fingerprint density at radius 2 is 1.61 bits per heavy atom. The van der Waals surface area contributed by atoms with E-state index in [0.29, 0.717) is 13.1 Å². The van der Waals surface area contributed by atoms with Crippen molar-refractivity contribution in [2.75, 3.05) is 19.7 Å². The van der Waals surface area contributed by atoms with Crippen molar-refractivity contribution >= 4 is 40.7 Å². The summed E-state index contributed by atoms with van der Waals surface area (Å²) in [6.45, 7) is 2.62. The number of benzene rings is 3. The Hall–Kier alpha value is -4.02. The van der Waals surface area contributed by atoms with Gasteiger partial charge in [-0.15, -0.1) is 0 Å². The van der Waals surface area contributed by atoms with E-state index in [1.165, 1.54) is 29.8 Å². The maximum atomic E-state index is 12.0. The third kappa shape index (κ3) is 6.15. The van der Waals surface area contributed by atoms with Crippen LogP contribution in [0.3, 0.4) is 0 Å². The minimum absolute atomic E-state index is 0.0256. The average Bonchev–Trinajstić information content (AvgIpc) is 2.87. The lowest BCUT2D eigenvalue weighted by Crippen LogP contribution is -2.40. The third-order valence-corrected chi connectivity index (χ3v) is 5.95. The molecule has 0 spiro atoms. The van der Waals surface area contributed by atoms with Crippen molar-refractivity contribution < 1.29 is 24.2 Å². The van der Waals surface area contributed by atoms with Crippen LogP contribution in [-0.4, -0.2) is 52.6 Å². The molecule has 1 heterocycles. The average molecular weight is 487 g/mol. The predicted molar refractivity (Wildman–Crippen MR) is 138 cm³/mol. The largest absolute Gasteiger partial charge is 0.513 e. The minimum atomic E-state index is -0.913. The standard InChI is InChI=1S/C26H26BN3O6/c1-27(32)29(17-18-35-26(31)36-20-14-12-19(13-15-20)30(33)34)16-6-9-21-22-7-2-4-10-24(22)28-25-11-5-3-8-23(21)25/h2-5,7-8,10-15,32H,6,9,16-18H2,1H3. The van der Waals surface area contributed by atoms with Crippen LogP contribution in [0.15, 0.2) is 72.8 Å². The fraction of sp³-hybridized carbons (Fsp3) is 0.231. The van der Waals surface area contributed by atoms with Gasteiger partial charge < -0.3 is 19.3 Å². The Morgan fingerprint density at radius 3 is 2.19 bits per heavy atom. The molecule has 0 saturated heterocycles. The van der Waals surface area contributed by atoms with Gasteiger partial charge in [0.2, 0.25) is 0 Å². The number of nitro benzene ring substituents is 1. The van der Waals surface area contributed by atoms with Crippen LogP contribution in [-0.2, 0) is 11.2 Å². The van der Waals surface area contributed by atoms with Crippen LogP contribution in [0.4, 0.5) is 10.5 Å². The highest BCUT2D eigenvalue weighted by atomic mass is 16.7. The summed E-state index contributed by atoms with van der Waals surface area (Å²) in [4.78, 5) is 28.7. The molecule has 0 bridgehead atoms. The molecule has 4 rings (SSSR count). The SMILES string of the molecule is CB(O)N(CCCc1c2ccccc2nc2ccccc12)CCOC(=O)Oc1ccc([N+](=O)[O-])cc1. The van der Waals surface area contributed by atoms with Crippen molar-refractivity contribution in [2.45, 2.75) is 19.7 Å². The van der Waals surface area contributed by atoms with Gasteiger partial charge in [-0.3, -0.25) is 10.1 Å². The molecule has 0 aliphatic rings. The van der Waals surface area contributed by atoms with Crippen LogP contribution in [0.2, 0.25) is 6.82 Å². The lowest BCUT2D eigenvalue weighted by Gasteiger charge is -2.23. The van der Waals surface area contributed by atoms with Gasteiger partial charge >= 0.3 is 13.2 Å². The van der Waals surface area contributed by atoms with E-state index < -0.39 is 18.1 Å². The molecule has 0 aliphatic carbocycles. The Balaban J connectivity index is 1.32. The number of ether oxygens (including phenoxy) is 2. The molecule has 0 saturated carbocycles. The second-order valence-corrected chi connectivity index (χ2v) is 8.35. The van der Waals surface area contributed by atoms with Crippen LogP contribution in [0.1, 0.15) is 12.0 Å². The van der Waals surface area contributed by atoms with E-state index in [1.54, 1.807) is 6.82 Å². The molecule has 0 amide bonds. The predicted octanol–water partition coefficient (Wildman–Crippen LogP) is 4.86. The van der Waals surface area contributed by atoms with E-state index in [0.717, 1.165) is 34.6 Å². The van der Waals surface area contributed by atoms with Gasteiger partial charge in [0.05, 0.1) is 16.0 Å². The van der Waals surface area contributed by atoms with E-state index in [4.69, 9.17) is 14.5 Å². The van der Waals surface area contributed by atoms with Gasteiger partial charge in [0.25, 0.3) is 5.69 Å². The molecule has 10 heteroatoms. The lowest BCUT2D eigenvalue weighted by molar-refractivity contribution is -0.384. The van der Waals surface area contributed by atoms with Crippen molar-refractivity contribution in [3.05, 3.63) is 88.5 Å². The Kier molecular flexibility index (Phi) is 8.09. The van der Waals surface area contributed by atoms with Crippen LogP contribution in [0.25, 0.3) is 21.8 Å². The molecule has 0 radical (unpaired) electrons. The van der Waals surface area contributed by atoms with Crippen molar-refractivity contribution in [2.24, 2.45) is 0 Å². The summed E-state index contributed by atoms with van der Waals surface area (Å²) in [5.74, 6) is 0.148. The van der Waals surface area contributed by atoms with Gasteiger partial charge in [0, 0.05) is 29.4 Å². The summed E-state index contributed by atoms with van der Waals surface area (Å²) in [7, 11) is -0.717. The molecule has 0 unspecified atom stereocenters. The molecular formula is C26H26BN3O6. The van der Waals surface area contributed by atoms with Gasteiger partial charge in [-0.2, -0.15) is 0 Å². The number of nitro groups is 1. The zero-order valence-electron chi connectivity index (χ0n) is 19.9. The molecule has 9 nitrogen and oxygen atoms in total. The summed E-state index contributed by atoms with van der Waals surface area (Å²) < 4.78 is 10.2. The normalized spacial score (nSPS) is 11.1. The van der Waals surface area contributed by atoms with E-state index in [9.17, 15) is 19.9 Å². The van der Waals surface area contributed by atoms with Gasteiger partial charge in [-0.1, -0.05) is 36.4 Å². The monoisotopic (exact) mass is 487 g/mol. The number of nitrogens with zero attached hydrogens (tertiary/aromatic N) is 3. The second-order valence-electron chi connectivity index (χ2n) is 8.35. The molecule has 4 aromatic rings. The Morgan fingerprint density at radius 1 is 1.00 bits per heavy atom. The second kappa shape index (κ2) is 11.6. The molecule has 0 fully saturated rings. The lowest BCUT2D eigenvalue weighted by atomic mass is 9.84. The number of pyridine rings is 1. The zero-order chi connectivity index (χ0) is 25.5. The summed E-state index contributed by atoms with van der Waals surface area (Å²) in [6.07, 6.45) is 0.676. The first-order valence-corrected chi connectivity index (χ1v) is 11.7. The van der Waals surface area contributed by atoms with Gasteiger partial charge in [-0.05, 0) is 56.0 Å². The number of carbonyl (C=O) groups is 1. The highest BCUT2D eigenvalue weighted by Gasteiger charge is 2.18. The van der Waals surface area contributed by atoms with Crippen LogP contribution < -0.4 is 4.74 Å². The molecule has 1 aromatic heterocycles. The molecule has 0 atom stereocenters. The maximum absolute atomic E-state index is 12.0. The van der Waals surface area contributed by atoms with Crippen molar-refractivity contribution in [3.63, 3.8) is 0 Å². The number of hydrogen-bond acceptors (Lipinski definition) is 8. The van der Waals surface area contributed by atoms with Crippen molar-refractivity contribution in [3.8, 4) is 5.75 Å². The topological polar surface area (TPSA) is 115 Å². The zero-order valence-corrected chi connectivity index (χ0v) is 19.9. The summed E-state index contributed by atoms with van der Waals surface area (Å²) in [6, 6.07) is 21.3. The van der Waals surface area contributed by atoms with Crippen molar-refractivity contribution in [1.29, 1.82) is 0 Å². The number of hydrogen-bond donors (Lipinski definition) is 1. The number of para-hydroxylation sites is 2. The number of rotatable bonds is 10. The number of aryl methyl sites for hydroxylation is 1. The number of non-ortho nitro benzene ring substituents is 1. The molecule has 184 valence electrons. The van der Waals surface area contributed by atoms with Crippen LogP contribution in [0, 0.1) is 10.1 Å². The number of carbonyl (C=O) groups excluding carboxylic acids is 1. The van der Waals surface area contributed by atoms with Crippen LogP contribution >= 0.6 is 0 Å². The maximum Gasteiger partial charge on any atom is 0.513 e. The summed E-state index contributed by atoms with van der Waals surface area (Å²) >= 11 is 0. The smallest absolute Gasteiger partial charge is 0.437 e. The number of aromatic nitrogens is 1. The molecule has 0 aliphatic heterocycles. The first kappa shape index (κ1) is 25.1. The van der Waals surface area contributed by atoms with E-state index in [1.807, 2.05) is 41.2 Å². The highest BCUT2D eigenvalue weighted by Crippen LogP contribution is 2.27. The summed E-state index contributed by atoms with van der Waals surface area (Å²) in [5, 5.41) is 23.2. The Bertz CT molecular complexity index is 1310. The third-order valence-electron chi connectivity index (χ3n) is 5.95. The van der Waals surface area contributed by atoms with Gasteiger partial charge in [0.1, 0.15) is 12.4 Å². The fourth-order valence-corrected chi connectivity index (χ4v) is 4.15. The summed E-state index contributed by atoms with van der Waals surface area (Å²) in [5.41, 5.74) is 3.04. The van der Waals surface area contributed by atoms with E-state index >= 15 is 0 Å². The van der Waals surface area contributed by atoms with Crippen molar-refractivity contribution in [1.82, 2.24) is 9.79 Å². The minimum Gasteiger partial charge on any atom is -0.437 e. The first-order chi connectivity index (χ1) is 17.4. The Labute approximate surface area is 208 Å².